The monoisotopic (exact) mass is 489 g/mol. The molecule has 1 aliphatic heterocycles. The zero-order valence-electron chi connectivity index (χ0n) is 17.8. The highest BCUT2D eigenvalue weighted by atomic mass is 32.2. The molecule has 1 amide bonds. The van der Waals surface area contributed by atoms with E-state index in [9.17, 15) is 17.6 Å². The quantitative estimate of drug-likeness (QED) is 0.372. The second kappa shape index (κ2) is 10.4. The topological polar surface area (TPSA) is 108 Å². The maximum absolute atomic E-state index is 13.1. The van der Waals surface area contributed by atoms with Crippen molar-refractivity contribution in [3.63, 3.8) is 0 Å². The van der Waals surface area contributed by atoms with Gasteiger partial charge in [-0.05, 0) is 37.1 Å². The van der Waals surface area contributed by atoms with E-state index in [0.717, 1.165) is 17.7 Å². The van der Waals surface area contributed by atoms with Crippen molar-refractivity contribution in [2.45, 2.75) is 22.9 Å². The fraction of sp³-hybridized carbons (Fsp3) is 0.318. The standard InChI is InChI=1S/C22H24FN5O3S2/c23-18-8-10-19(11-9-18)33(30,31)28-13-4-7-17(15-28)21(29)24-12-14-32-22-25-20(26-27-22)16-5-2-1-3-6-16/h1-3,5-6,8-11,17H,4,7,12-15H2,(H,24,29)(H,25,26,27)/t17-/m0/s1. The van der Waals surface area contributed by atoms with Crippen LogP contribution in [0.3, 0.4) is 0 Å². The lowest BCUT2D eigenvalue weighted by atomic mass is 9.99. The predicted molar refractivity (Wildman–Crippen MR) is 123 cm³/mol. The molecule has 2 heterocycles. The van der Waals surface area contributed by atoms with Gasteiger partial charge in [0.05, 0.1) is 10.8 Å². The number of piperidine rings is 1. The van der Waals surface area contributed by atoms with Crippen molar-refractivity contribution in [2.75, 3.05) is 25.4 Å². The van der Waals surface area contributed by atoms with Crippen LogP contribution in [0.5, 0.6) is 0 Å². The van der Waals surface area contributed by atoms with Crippen LogP contribution in [0.2, 0.25) is 0 Å². The summed E-state index contributed by atoms with van der Waals surface area (Å²) in [7, 11) is -3.76. The van der Waals surface area contributed by atoms with E-state index in [2.05, 4.69) is 20.5 Å². The van der Waals surface area contributed by atoms with Crippen molar-refractivity contribution in [2.24, 2.45) is 5.92 Å². The number of H-pyrrole nitrogens is 1. The van der Waals surface area contributed by atoms with E-state index in [1.165, 1.54) is 28.2 Å². The van der Waals surface area contributed by atoms with Crippen molar-refractivity contribution in [1.82, 2.24) is 24.8 Å². The molecule has 1 atom stereocenters. The number of halogens is 1. The zero-order chi connectivity index (χ0) is 23.3. The van der Waals surface area contributed by atoms with Crippen molar-refractivity contribution < 1.29 is 17.6 Å². The molecular formula is C22H24FN5O3S2. The van der Waals surface area contributed by atoms with E-state index in [-0.39, 0.29) is 17.3 Å². The van der Waals surface area contributed by atoms with Gasteiger partial charge < -0.3 is 5.32 Å². The summed E-state index contributed by atoms with van der Waals surface area (Å²) in [4.78, 5) is 17.1. The van der Waals surface area contributed by atoms with Crippen LogP contribution in [0.4, 0.5) is 4.39 Å². The van der Waals surface area contributed by atoms with Crippen LogP contribution in [-0.2, 0) is 14.8 Å². The van der Waals surface area contributed by atoms with Crippen molar-refractivity contribution in [3.8, 4) is 11.4 Å². The summed E-state index contributed by atoms with van der Waals surface area (Å²) in [5.74, 6) is 0.180. The lowest BCUT2D eigenvalue weighted by Gasteiger charge is -2.31. The molecule has 8 nitrogen and oxygen atoms in total. The van der Waals surface area contributed by atoms with Gasteiger partial charge in [0, 0.05) is 31.0 Å². The maximum Gasteiger partial charge on any atom is 0.243 e. The number of hydrogen-bond donors (Lipinski definition) is 2. The highest BCUT2D eigenvalue weighted by Gasteiger charge is 2.33. The van der Waals surface area contributed by atoms with Crippen molar-refractivity contribution in [3.05, 3.63) is 60.4 Å². The second-order valence-electron chi connectivity index (χ2n) is 7.63. The summed E-state index contributed by atoms with van der Waals surface area (Å²) in [6.45, 7) is 0.869. The van der Waals surface area contributed by atoms with Gasteiger partial charge in [-0.3, -0.25) is 9.89 Å². The number of aromatic nitrogens is 3. The number of sulfonamides is 1. The minimum Gasteiger partial charge on any atom is -0.355 e. The Balaban J connectivity index is 1.26. The Morgan fingerprint density at radius 2 is 1.94 bits per heavy atom. The third-order valence-electron chi connectivity index (χ3n) is 5.35. The van der Waals surface area contributed by atoms with Gasteiger partial charge in [0.1, 0.15) is 5.82 Å². The Kier molecular flexibility index (Phi) is 7.41. The number of nitrogens with zero attached hydrogens (tertiary/aromatic N) is 3. The summed E-state index contributed by atoms with van der Waals surface area (Å²) in [6, 6.07) is 14.4. The molecule has 0 saturated carbocycles. The van der Waals surface area contributed by atoms with E-state index < -0.39 is 21.8 Å². The molecule has 1 saturated heterocycles. The van der Waals surface area contributed by atoms with E-state index in [4.69, 9.17) is 0 Å². The maximum atomic E-state index is 13.1. The lowest BCUT2D eigenvalue weighted by Crippen LogP contribution is -2.45. The second-order valence-corrected chi connectivity index (χ2v) is 10.6. The zero-order valence-corrected chi connectivity index (χ0v) is 19.4. The molecule has 33 heavy (non-hydrogen) atoms. The Hall–Kier alpha value is -2.76. The molecule has 0 spiro atoms. The van der Waals surface area contributed by atoms with E-state index in [1.54, 1.807) is 0 Å². The number of thioether (sulfide) groups is 1. The molecule has 1 aliphatic rings. The normalized spacial score (nSPS) is 17.1. The Morgan fingerprint density at radius 1 is 1.18 bits per heavy atom. The minimum atomic E-state index is -3.76. The van der Waals surface area contributed by atoms with Gasteiger partial charge in [0.15, 0.2) is 5.82 Å². The fourth-order valence-corrected chi connectivity index (χ4v) is 5.80. The highest BCUT2D eigenvalue weighted by molar-refractivity contribution is 7.99. The number of amides is 1. The molecule has 0 unspecified atom stereocenters. The molecule has 4 rings (SSSR count). The van der Waals surface area contributed by atoms with Crippen molar-refractivity contribution in [1.29, 1.82) is 0 Å². The largest absolute Gasteiger partial charge is 0.355 e. The van der Waals surface area contributed by atoms with Gasteiger partial charge in [-0.25, -0.2) is 17.8 Å². The van der Waals surface area contributed by atoms with Crippen molar-refractivity contribution >= 4 is 27.7 Å². The molecule has 0 bridgehead atoms. The Labute approximate surface area is 196 Å². The number of rotatable bonds is 8. The lowest BCUT2D eigenvalue weighted by molar-refractivity contribution is -0.125. The third-order valence-corrected chi connectivity index (χ3v) is 8.08. The van der Waals surface area contributed by atoms with Crippen LogP contribution < -0.4 is 5.32 Å². The smallest absolute Gasteiger partial charge is 0.243 e. The first-order chi connectivity index (χ1) is 15.9. The van der Waals surface area contributed by atoms with Crippen LogP contribution >= 0.6 is 11.8 Å². The average Bonchev–Trinajstić information content (AvgIpc) is 3.32. The molecule has 1 fully saturated rings. The fourth-order valence-electron chi connectivity index (χ4n) is 3.63. The summed E-state index contributed by atoms with van der Waals surface area (Å²) in [5.41, 5.74) is 0.947. The van der Waals surface area contributed by atoms with E-state index in [1.807, 2.05) is 30.3 Å². The Morgan fingerprint density at radius 3 is 2.70 bits per heavy atom. The summed E-state index contributed by atoms with van der Waals surface area (Å²) in [6.07, 6.45) is 1.21. The third kappa shape index (κ3) is 5.79. The number of nitrogens with one attached hydrogen (secondary N) is 2. The first-order valence-electron chi connectivity index (χ1n) is 10.6. The van der Waals surface area contributed by atoms with Crippen LogP contribution in [0.15, 0.2) is 64.6 Å². The summed E-state index contributed by atoms with van der Waals surface area (Å²) in [5, 5.41) is 10.6. The number of benzene rings is 2. The molecule has 174 valence electrons. The van der Waals surface area contributed by atoms with Gasteiger partial charge in [0.2, 0.25) is 21.1 Å². The van der Waals surface area contributed by atoms with Gasteiger partial charge in [-0.1, -0.05) is 42.1 Å². The van der Waals surface area contributed by atoms with Gasteiger partial charge >= 0.3 is 0 Å². The van der Waals surface area contributed by atoms with Gasteiger partial charge in [0.25, 0.3) is 0 Å². The van der Waals surface area contributed by atoms with Gasteiger partial charge in [-0.2, -0.15) is 4.31 Å². The molecule has 3 aromatic rings. The Bertz CT molecular complexity index is 1190. The highest BCUT2D eigenvalue weighted by Crippen LogP contribution is 2.24. The van der Waals surface area contributed by atoms with Crippen LogP contribution in [0, 0.1) is 11.7 Å². The minimum absolute atomic E-state index is 0.0303. The van der Waals surface area contributed by atoms with Gasteiger partial charge in [-0.15, -0.1) is 5.10 Å². The number of carbonyl (C=O) groups is 1. The first-order valence-corrected chi connectivity index (χ1v) is 13.0. The first kappa shape index (κ1) is 23.4. The number of hydrogen-bond acceptors (Lipinski definition) is 6. The molecular weight excluding hydrogens is 465 g/mol. The van der Waals surface area contributed by atoms with Crippen LogP contribution in [0.1, 0.15) is 12.8 Å². The molecule has 11 heteroatoms. The number of carbonyl (C=O) groups excluding carboxylic acids is 1. The molecule has 1 aromatic heterocycles. The SMILES string of the molecule is O=C(NCCSc1n[nH]c(-c2ccccc2)n1)[C@H]1CCCN(S(=O)(=O)c2ccc(F)cc2)C1. The number of aromatic amines is 1. The van der Waals surface area contributed by atoms with E-state index in [0.29, 0.717) is 42.7 Å². The van der Waals surface area contributed by atoms with Crippen LogP contribution in [0.25, 0.3) is 11.4 Å². The summed E-state index contributed by atoms with van der Waals surface area (Å²) < 4.78 is 40.1. The molecule has 0 aliphatic carbocycles. The van der Waals surface area contributed by atoms with E-state index >= 15 is 0 Å². The molecule has 2 N–H and O–H groups in total. The molecule has 2 aromatic carbocycles. The molecule has 0 radical (unpaired) electrons. The van der Waals surface area contributed by atoms with Crippen LogP contribution in [-0.4, -0.2) is 59.2 Å². The average molecular weight is 490 g/mol. The predicted octanol–water partition coefficient (Wildman–Crippen LogP) is 2.92. The summed E-state index contributed by atoms with van der Waals surface area (Å²) >= 11 is 1.42.